The van der Waals surface area contributed by atoms with Crippen molar-refractivity contribution in [2.45, 2.75) is 6.92 Å². The van der Waals surface area contributed by atoms with Crippen molar-refractivity contribution in [3.63, 3.8) is 0 Å². The molecule has 8 heteroatoms. The first-order valence-electron chi connectivity index (χ1n) is 8.60. The number of benzene rings is 3. The molecule has 0 spiro atoms. The lowest BCUT2D eigenvalue weighted by Crippen LogP contribution is -2.24. The van der Waals surface area contributed by atoms with E-state index in [1.165, 1.54) is 36.4 Å². The summed E-state index contributed by atoms with van der Waals surface area (Å²) in [7, 11) is 0. The van der Waals surface area contributed by atoms with Crippen molar-refractivity contribution in [3.8, 4) is 11.5 Å². The van der Waals surface area contributed by atoms with Crippen LogP contribution in [0, 0.1) is 6.92 Å². The maximum atomic E-state index is 12.2. The van der Waals surface area contributed by atoms with Crippen LogP contribution in [0.5, 0.6) is 11.5 Å². The maximum absolute atomic E-state index is 12.2. The molecule has 0 aliphatic heterocycles. The second kappa shape index (κ2) is 8.22. The van der Waals surface area contributed by atoms with Crippen molar-refractivity contribution >= 4 is 34.9 Å². The SMILES string of the molecule is Cc1cccc(NC(=O)Oc2cccc(N(C(=O)O)c3ccc(O)cc3N)c2)c1. The summed E-state index contributed by atoms with van der Waals surface area (Å²) < 4.78 is 5.27. The highest BCUT2D eigenvalue weighted by atomic mass is 16.6. The molecular formula is C21H19N3O5. The largest absolute Gasteiger partial charge is 0.508 e. The van der Waals surface area contributed by atoms with Crippen LogP contribution in [-0.4, -0.2) is 22.4 Å². The quantitative estimate of drug-likeness (QED) is 0.476. The molecule has 8 nitrogen and oxygen atoms in total. The molecule has 0 fully saturated rings. The Kier molecular flexibility index (Phi) is 5.54. The van der Waals surface area contributed by atoms with E-state index in [-0.39, 0.29) is 28.6 Å². The number of carbonyl (C=O) groups is 2. The zero-order valence-electron chi connectivity index (χ0n) is 15.5. The third-order valence-electron chi connectivity index (χ3n) is 3.99. The number of hydrogen-bond acceptors (Lipinski definition) is 5. The molecule has 0 saturated heterocycles. The maximum Gasteiger partial charge on any atom is 0.417 e. The fraction of sp³-hybridized carbons (Fsp3) is 0.0476. The van der Waals surface area contributed by atoms with Crippen LogP contribution >= 0.6 is 0 Å². The van der Waals surface area contributed by atoms with Gasteiger partial charge in [-0.25, -0.2) is 14.5 Å². The van der Waals surface area contributed by atoms with Crippen molar-refractivity contribution in [2.24, 2.45) is 0 Å². The lowest BCUT2D eigenvalue weighted by molar-refractivity contribution is 0.205. The first-order valence-corrected chi connectivity index (χ1v) is 8.60. The van der Waals surface area contributed by atoms with E-state index in [4.69, 9.17) is 10.5 Å². The fourth-order valence-corrected chi connectivity index (χ4v) is 2.76. The Labute approximate surface area is 166 Å². The molecule has 0 bridgehead atoms. The number of nitrogen functional groups attached to an aromatic ring is 1. The van der Waals surface area contributed by atoms with Gasteiger partial charge in [-0.15, -0.1) is 0 Å². The summed E-state index contributed by atoms with van der Waals surface area (Å²) in [5.41, 5.74) is 7.87. The van der Waals surface area contributed by atoms with Crippen LogP contribution in [0.3, 0.4) is 0 Å². The number of carbonyl (C=O) groups excluding carboxylic acids is 1. The Morgan fingerprint density at radius 1 is 1.03 bits per heavy atom. The molecule has 3 aromatic carbocycles. The summed E-state index contributed by atoms with van der Waals surface area (Å²) in [5.74, 6) is 0.0674. The van der Waals surface area contributed by atoms with Gasteiger partial charge < -0.3 is 20.7 Å². The second-order valence-corrected chi connectivity index (χ2v) is 6.24. The summed E-state index contributed by atoms with van der Waals surface area (Å²) in [4.78, 5) is 24.9. The zero-order valence-corrected chi connectivity index (χ0v) is 15.5. The third kappa shape index (κ3) is 4.75. The highest BCUT2D eigenvalue weighted by Crippen LogP contribution is 2.34. The van der Waals surface area contributed by atoms with E-state index in [0.717, 1.165) is 10.5 Å². The lowest BCUT2D eigenvalue weighted by Gasteiger charge is -2.21. The van der Waals surface area contributed by atoms with Gasteiger partial charge in [-0.3, -0.25) is 5.32 Å². The molecule has 0 saturated carbocycles. The van der Waals surface area contributed by atoms with Gasteiger partial charge in [0.25, 0.3) is 0 Å². The lowest BCUT2D eigenvalue weighted by atomic mass is 10.2. The minimum absolute atomic E-state index is 0.0795. The number of aromatic hydroxyl groups is 1. The predicted molar refractivity (Wildman–Crippen MR) is 110 cm³/mol. The van der Waals surface area contributed by atoms with Crippen LogP contribution in [0.4, 0.5) is 32.3 Å². The van der Waals surface area contributed by atoms with Crippen molar-refractivity contribution in [3.05, 3.63) is 72.3 Å². The third-order valence-corrected chi connectivity index (χ3v) is 3.99. The summed E-state index contributed by atoms with van der Waals surface area (Å²) in [6, 6.07) is 17.2. The number of amides is 2. The number of phenols is 1. The number of phenolic OH excluding ortho intramolecular Hbond substituents is 1. The molecule has 2 amide bonds. The average molecular weight is 393 g/mol. The fourth-order valence-electron chi connectivity index (χ4n) is 2.76. The van der Waals surface area contributed by atoms with Crippen molar-refractivity contribution in [1.82, 2.24) is 0 Å². The zero-order chi connectivity index (χ0) is 21.0. The molecule has 0 heterocycles. The molecule has 0 unspecified atom stereocenters. The predicted octanol–water partition coefficient (Wildman–Crippen LogP) is 4.71. The van der Waals surface area contributed by atoms with Gasteiger partial charge in [-0.1, -0.05) is 18.2 Å². The van der Waals surface area contributed by atoms with E-state index in [0.29, 0.717) is 5.69 Å². The van der Waals surface area contributed by atoms with Gasteiger partial charge in [-0.2, -0.15) is 0 Å². The molecule has 0 aromatic heterocycles. The molecule has 3 rings (SSSR count). The monoisotopic (exact) mass is 393 g/mol. The highest BCUT2D eigenvalue weighted by Gasteiger charge is 2.20. The topological polar surface area (TPSA) is 125 Å². The number of carboxylic acid groups (broad SMARTS) is 1. The van der Waals surface area contributed by atoms with Crippen molar-refractivity contribution in [1.29, 1.82) is 0 Å². The van der Waals surface area contributed by atoms with Gasteiger partial charge in [-0.05, 0) is 48.9 Å². The van der Waals surface area contributed by atoms with Crippen molar-refractivity contribution in [2.75, 3.05) is 16.0 Å². The van der Waals surface area contributed by atoms with Crippen LogP contribution in [0.25, 0.3) is 0 Å². The molecule has 0 radical (unpaired) electrons. The Morgan fingerprint density at radius 3 is 2.48 bits per heavy atom. The summed E-state index contributed by atoms with van der Waals surface area (Å²) in [6.07, 6.45) is -2.00. The highest BCUT2D eigenvalue weighted by molar-refractivity contribution is 5.98. The molecule has 0 aliphatic rings. The van der Waals surface area contributed by atoms with Gasteiger partial charge in [0.15, 0.2) is 0 Å². The number of rotatable bonds is 4. The molecule has 0 aliphatic carbocycles. The van der Waals surface area contributed by atoms with Crippen LogP contribution in [0.1, 0.15) is 5.56 Å². The Hall–Kier alpha value is -4.20. The first kappa shape index (κ1) is 19.6. The molecular weight excluding hydrogens is 374 g/mol. The van der Waals surface area contributed by atoms with E-state index in [9.17, 15) is 19.8 Å². The van der Waals surface area contributed by atoms with Gasteiger partial charge in [0.05, 0.1) is 17.1 Å². The number of nitrogens with zero attached hydrogens (tertiary/aromatic N) is 1. The summed E-state index contributed by atoms with van der Waals surface area (Å²) >= 11 is 0. The number of ether oxygens (including phenoxy) is 1. The van der Waals surface area contributed by atoms with Gasteiger partial charge >= 0.3 is 12.2 Å². The first-order chi connectivity index (χ1) is 13.8. The molecule has 0 atom stereocenters. The molecule has 3 aromatic rings. The van der Waals surface area contributed by atoms with Crippen LogP contribution in [0.15, 0.2) is 66.7 Å². The Balaban J connectivity index is 1.83. The molecule has 5 N–H and O–H groups in total. The molecule has 148 valence electrons. The van der Waals surface area contributed by atoms with Crippen LogP contribution in [0.2, 0.25) is 0 Å². The van der Waals surface area contributed by atoms with E-state index >= 15 is 0 Å². The number of anilines is 4. The number of aryl methyl sites for hydroxylation is 1. The van der Waals surface area contributed by atoms with Gasteiger partial charge in [0.2, 0.25) is 0 Å². The van der Waals surface area contributed by atoms with Crippen LogP contribution < -0.4 is 20.7 Å². The number of nitrogens with one attached hydrogen (secondary N) is 1. The number of hydrogen-bond donors (Lipinski definition) is 4. The molecule has 29 heavy (non-hydrogen) atoms. The van der Waals surface area contributed by atoms with Crippen molar-refractivity contribution < 1.29 is 24.5 Å². The van der Waals surface area contributed by atoms with E-state index < -0.39 is 12.2 Å². The van der Waals surface area contributed by atoms with Crippen LogP contribution in [-0.2, 0) is 0 Å². The summed E-state index contributed by atoms with van der Waals surface area (Å²) in [5, 5.41) is 21.8. The van der Waals surface area contributed by atoms with E-state index in [2.05, 4.69) is 5.32 Å². The number of nitrogens with two attached hydrogens (primary N) is 1. The smallest absolute Gasteiger partial charge is 0.417 e. The average Bonchev–Trinajstić information content (AvgIpc) is 2.64. The normalized spacial score (nSPS) is 10.2. The Morgan fingerprint density at radius 2 is 1.79 bits per heavy atom. The second-order valence-electron chi connectivity index (χ2n) is 6.24. The van der Waals surface area contributed by atoms with Gasteiger partial charge in [0, 0.05) is 17.8 Å². The Bertz CT molecular complexity index is 1070. The standard InChI is InChI=1S/C21H19N3O5/c1-13-4-2-5-14(10-13)23-20(26)29-17-7-3-6-15(11-17)24(21(27)28)19-9-8-16(25)12-18(19)22/h2-12,25H,22H2,1H3,(H,23,26)(H,27,28). The van der Waals surface area contributed by atoms with Gasteiger partial charge in [0.1, 0.15) is 11.5 Å². The minimum Gasteiger partial charge on any atom is -0.508 e. The summed E-state index contributed by atoms with van der Waals surface area (Å²) in [6.45, 7) is 1.90. The van der Waals surface area contributed by atoms with E-state index in [1.54, 1.807) is 24.3 Å². The van der Waals surface area contributed by atoms with E-state index in [1.807, 2.05) is 13.0 Å². The minimum atomic E-state index is -1.29.